The third-order valence-corrected chi connectivity index (χ3v) is 3.38. The van der Waals surface area contributed by atoms with Crippen molar-refractivity contribution in [3.05, 3.63) is 29.8 Å². The van der Waals surface area contributed by atoms with E-state index in [0.29, 0.717) is 11.3 Å². The highest BCUT2D eigenvalue weighted by molar-refractivity contribution is 5.89. The molecule has 0 spiro atoms. The second-order valence-corrected chi connectivity index (χ2v) is 6.56. The summed E-state index contributed by atoms with van der Waals surface area (Å²) in [7, 11) is 4.21. The van der Waals surface area contributed by atoms with Gasteiger partial charge in [-0.15, -0.1) is 0 Å². The van der Waals surface area contributed by atoms with Gasteiger partial charge in [0.1, 0.15) is 23.9 Å². The Kier molecular flexibility index (Phi) is 7.42. The van der Waals surface area contributed by atoms with Crippen molar-refractivity contribution in [1.29, 1.82) is 0 Å². The van der Waals surface area contributed by atoms with E-state index in [-0.39, 0.29) is 6.54 Å². The number of nitrogens with zero attached hydrogens (tertiary/aromatic N) is 1. The molecule has 0 aliphatic rings. The van der Waals surface area contributed by atoms with Gasteiger partial charge in [0.2, 0.25) is 5.91 Å². The van der Waals surface area contributed by atoms with Gasteiger partial charge in [-0.1, -0.05) is 12.1 Å². The minimum Gasteiger partial charge on any atom is -0.497 e. The van der Waals surface area contributed by atoms with Crippen molar-refractivity contribution in [2.24, 2.45) is 0 Å². The predicted octanol–water partition coefficient (Wildman–Crippen LogP) is 1.89. The average molecular weight is 366 g/mol. The van der Waals surface area contributed by atoms with Crippen molar-refractivity contribution in [2.45, 2.75) is 32.4 Å². The minimum atomic E-state index is -0.986. The Bertz CT molecular complexity index is 636. The summed E-state index contributed by atoms with van der Waals surface area (Å²) in [5.74, 6) is -0.511. The number of hydrogen-bond acceptors (Lipinski definition) is 6. The maximum absolute atomic E-state index is 12.6. The Balaban J connectivity index is 3.08. The van der Waals surface area contributed by atoms with Crippen LogP contribution in [0.3, 0.4) is 0 Å². The summed E-state index contributed by atoms with van der Waals surface area (Å²) in [5, 5.41) is 2.46. The fourth-order valence-electron chi connectivity index (χ4n) is 2.10. The Morgan fingerprint density at radius 3 is 2.15 bits per heavy atom. The summed E-state index contributed by atoms with van der Waals surface area (Å²) < 4.78 is 15.0. The number of amides is 2. The highest BCUT2D eigenvalue weighted by Gasteiger charge is 2.31. The minimum absolute atomic E-state index is 0.301. The summed E-state index contributed by atoms with van der Waals surface area (Å²) in [6.07, 6.45) is -0.661. The lowest BCUT2D eigenvalue weighted by atomic mass is 10.0. The molecule has 0 bridgehead atoms. The fraction of sp³-hybridized carbons (Fsp3) is 0.500. The molecular formula is C18H26N2O6. The van der Waals surface area contributed by atoms with Crippen molar-refractivity contribution in [1.82, 2.24) is 10.2 Å². The van der Waals surface area contributed by atoms with Gasteiger partial charge in [-0.25, -0.2) is 4.79 Å². The molecule has 0 unspecified atom stereocenters. The molecule has 0 radical (unpaired) electrons. The lowest BCUT2D eigenvalue weighted by Gasteiger charge is -2.30. The van der Waals surface area contributed by atoms with E-state index in [0.717, 1.165) is 0 Å². The smallest absolute Gasteiger partial charge is 0.410 e. The molecule has 1 aromatic rings. The van der Waals surface area contributed by atoms with E-state index < -0.39 is 29.6 Å². The van der Waals surface area contributed by atoms with E-state index in [2.05, 4.69) is 10.1 Å². The third kappa shape index (κ3) is 6.27. The van der Waals surface area contributed by atoms with Crippen molar-refractivity contribution in [3.63, 3.8) is 0 Å². The van der Waals surface area contributed by atoms with Gasteiger partial charge in [0.05, 0.1) is 14.2 Å². The molecule has 1 rings (SSSR count). The van der Waals surface area contributed by atoms with E-state index in [1.807, 2.05) is 0 Å². The van der Waals surface area contributed by atoms with E-state index >= 15 is 0 Å². The standard InChI is InChI=1S/C18H26N2O6/c1-18(2,3)26-17(23)20(4)15(16(22)19-11-14(21)25-6)12-7-9-13(24-5)10-8-12/h7-10,15H,11H2,1-6H3,(H,19,22)/t15-/m0/s1. The van der Waals surface area contributed by atoms with Gasteiger partial charge in [0.15, 0.2) is 0 Å². The molecule has 0 aliphatic carbocycles. The van der Waals surface area contributed by atoms with E-state index in [1.54, 1.807) is 45.0 Å². The van der Waals surface area contributed by atoms with Gasteiger partial charge in [-0.3, -0.25) is 14.5 Å². The SMILES string of the molecule is COC(=O)CNC(=O)[C@H](c1ccc(OC)cc1)N(C)C(=O)OC(C)(C)C. The van der Waals surface area contributed by atoms with Crippen LogP contribution in [-0.4, -0.2) is 56.3 Å². The molecule has 0 saturated heterocycles. The van der Waals surface area contributed by atoms with E-state index in [4.69, 9.17) is 9.47 Å². The van der Waals surface area contributed by atoms with Crippen LogP contribution in [0.25, 0.3) is 0 Å². The number of ether oxygens (including phenoxy) is 3. The first-order valence-corrected chi connectivity index (χ1v) is 8.03. The van der Waals surface area contributed by atoms with Gasteiger partial charge < -0.3 is 19.5 Å². The summed E-state index contributed by atoms with van der Waals surface area (Å²) in [6, 6.07) is 5.71. The number of benzene rings is 1. The van der Waals surface area contributed by atoms with Gasteiger partial charge >= 0.3 is 12.1 Å². The molecule has 8 heteroatoms. The molecule has 144 valence electrons. The second kappa shape index (κ2) is 9.07. The van der Waals surface area contributed by atoms with Crippen LogP contribution in [0.2, 0.25) is 0 Å². The first-order valence-electron chi connectivity index (χ1n) is 8.03. The van der Waals surface area contributed by atoms with Crippen LogP contribution in [0.1, 0.15) is 32.4 Å². The highest BCUT2D eigenvalue weighted by atomic mass is 16.6. The number of nitrogens with one attached hydrogen (secondary N) is 1. The van der Waals surface area contributed by atoms with Crippen molar-refractivity contribution >= 4 is 18.0 Å². The van der Waals surface area contributed by atoms with Gasteiger partial charge in [-0.05, 0) is 38.5 Å². The zero-order valence-corrected chi connectivity index (χ0v) is 16.0. The molecule has 0 aromatic heterocycles. The first-order chi connectivity index (χ1) is 12.1. The molecule has 8 nitrogen and oxygen atoms in total. The number of esters is 1. The van der Waals surface area contributed by atoms with E-state index in [9.17, 15) is 14.4 Å². The number of methoxy groups -OCH3 is 2. The Labute approximate surface area is 153 Å². The normalized spacial score (nSPS) is 11.9. The average Bonchev–Trinajstić information content (AvgIpc) is 2.58. The fourth-order valence-corrected chi connectivity index (χ4v) is 2.10. The first kappa shape index (κ1) is 21.3. The molecular weight excluding hydrogens is 340 g/mol. The van der Waals surface area contributed by atoms with Crippen LogP contribution in [0.5, 0.6) is 5.75 Å². The zero-order chi connectivity index (χ0) is 19.9. The lowest BCUT2D eigenvalue weighted by molar-refractivity contribution is -0.141. The van der Waals surface area contributed by atoms with Crippen molar-refractivity contribution < 1.29 is 28.6 Å². The van der Waals surface area contributed by atoms with Crippen LogP contribution in [0.15, 0.2) is 24.3 Å². The van der Waals surface area contributed by atoms with Crippen LogP contribution in [0, 0.1) is 0 Å². The quantitative estimate of drug-likeness (QED) is 0.773. The largest absolute Gasteiger partial charge is 0.497 e. The van der Waals surface area contributed by atoms with Gasteiger partial charge in [0.25, 0.3) is 0 Å². The molecule has 26 heavy (non-hydrogen) atoms. The predicted molar refractivity (Wildman–Crippen MR) is 94.8 cm³/mol. The number of rotatable bonds is 6. The van der Waals surface area contributed by atoms with Crippen LogP contribution >= 0.6 is 0 Å². The molecule has 0 aliphatic heterocycles. The Morgan fingerprint density at radius 1 is 1.12 bits per heavy atom. The van der Waals surface area contributed by atoms with Crippen molar-refractivity contribution in [3.8, 4) is 5.75 Å². The van der Waals surface area contributed by atoms with Crippen molar-refractivity contribution in [2.75, 3.05) is 27.8 Å². The third-order valence-electron chi connectivity index (χ3n) is 3.38. The maximum Gasteiger partial charge on any atom is 0.410 e. The molecule has 0 saturated carbocycles. The molecule has 0 fully saturated rings. The Morgan fingerprint density at radius 2 is 1.69 bits per heavy atom. The topological polar surface area (TPSA) is 94.2 Å². The summed E-state index contributed by atoms with van der Waals surface area (Å²) in [5.41, 5.74) is -0.167. The summed E-state index contributed by atoms with van der Waals surface area (Å²) in [4.78, 5) is 37.5. The van der Waals surface area contributed by atoms with Gasteiger partial charge in [-0.2, -0.15) is 0 Å². The second-order valence-electron chi connectivity index (χ2n) is 6.56. The van der Waals surface area contributed by atoms with E-state index in [1.165, 1.54) is 26.2 Å². The molecule has 1 atom stereocenters. The van der Waals surface area contributed by atoms with Gasteiger partial charge in [0, 0.05) is 7.05 Å². The number of likely N-dealkylation sites (N-methyl/N-ethyl adjacent to an activating group) is 1. The Hall–Kier alpha value is -2.77. The number of carbonyl (C=O) groups excluding carboxylic acids is 3. The zero-order valence-electron chi connectivity index (χ0n) is 16.0. The van der Waals surface area contributed by atoms with Crippen LogP contribution < -0.4 is 10.1 Å². The summed E-state index contributed by atoms with van der Waals surface area (Å²) in [6.45, 7) is 4.90. The lowest BCUT2D eigenvalue weighted by Crippen LogP contribution is -2.44. The summed E-state index contributed by atoms with van der Waals surface area (Å²) >= 11 is 0. The molecule has 1 aromatic carbocycles. The molecule has 0 heterocycles. The van der Waals surface area contributed by atoms with Crippen LogP contribution in [0.4, 0.5) is 4.79 Å². The number of hydrogen-bond donors (Lipinski definition) is 1. The monoisotopic (exact) mass is 366 g/mol. The maximum atomic E-state index is 12.6. The number of carbonyl (C=O) groups is 3. The van der Waals surface area contributed by atoms with Crippen LogP contribution in [-0.2, 0) is 19.1 Å². The highest BCUT2D eigenvalue weighted by Crippen LogP contribution is 2.24. The molecule has 1 N–H and O–H groups in total. The molecule has 2 amide bonds.